The van der Waals surface area contributed by atoms with Crippen LogP contribution in [0.25, 0.3) is 11.8 Å². The van der Waals surface area contributed by atoms with E-state index in [-0.39, 0.29) is 17.2 Å². The molecule has 3 rings (SSSR count). The highest BCUT2D eigenvalue weighted by Crippen LogP contribution is 2.36. The summed E-state index contributed by atoms with van der Waals surface area (Å²) in [4.78, 5) is 49.0. The lowest BCUT2D eigenvalue weighted by atomic mass is 10.2. The van der Waals surface area contributed by atoms with E-state index >= 15 is 0 Å². The maximum Gasteiger partial charge on any atom is 0.329 e. The molecule has 2 amide bonds. The Balaban J connectivity index is 1.99. The van der Waals surface area contributed by atoms with Gasteiger partial charge in [0, 0.05) is 17.5 Å². The molecule has 0 radical (unpaired) electrons. The lowest BCUT2D eigenvalue weighted by Gasteiger charge is -2.19. The summed E-state index contributed by atoms with van der Waals surface area (Å²) in [7, 11) is 1.43. The highest BCUT2D eigenvalue weighted by molar-refractivity contribution is 8.18. The van der Waals surface area contributed by atoms with Crippen molar-refractivity contribution < 1.29 is 28.8 Å². The van der Waals surface area contributed by atoms with Crippen LogP contribution in [0, 0.1) is 24.0 Å². The second-order valence-corrected chi connectivity index (χ2v) is 8.25. The van der Waals surface area contributed by atoms with Gasteiger partial charge >= 0.3 is 5.97 Å². The predicted octanol–water partition coefficient (Wildman–Crippen LogP) is 4.00. The number of non-ortho nitro benzene ring substituents is 1. The van der Waals surface area contributed by atoms with Gasteiger partial charge in [0.1, 0.15) is 11.8 Å². The van der Waals surface area contributed by atoms with Crippen LogP contribution in [-0.2, 0) is 14.3 Å². The third-order valence-electron chi connectivity index (χ3n) is 5.21. The second-order valence-electron chi connectivity index (χ2n) is 7.25. The van der Waals surface area contributed by atoms with Crippen LogP contribution in [0.2, 0.25) is 0 Å². The van der Waals surface area contributed by atoms with Crippen LogP contribution in [0.3, 0.4) is 0 Å². The number of nitro groups is 1. The van der Waals surface area contributed by atoms with Gasteiger partial charge < -0.3 is 14.0 Å². The van der Waals surface area contributed by atoms with Crippen LogP contribution >= 0.6 is 11.8 Å². The number of amides is 2. The number of esters is 1. The van der Waals surface area contributed by atoms with Gasteiger partial charge in [0.15, 0.2) is 0 Å². The van der Waals surface area contributed by atoms with Crippen molar-refractivity contribution in [3.05, 3.63) is 56.2 Å². The number of aryl methyl sites for hydroxylation is 1. The predicted molar refractivity (Wildman–Crippen MR) is 122 cm³/mol. The number of carbonyl (C=O) groups excluding carboxylic acids is 3. The van der Waals surface area contributed by atoms with Gasteiger partial charge in [-0.05, 0) is 63.2 Å². The van der Waals surface area contributed by atoms with Gasteiger partial charge in [0.25, 0.3) is 16.8 Å². The molecule has 10 nitrogen and oxygen atoms in total. The van der Waals surface area contributed by atoms with Gasteiger partial charge in [-0.3, -0.25) is 24.6 Å². The molecule has 0 N–H and O–H groups in total. The smallest absolute Gasteiger partial charge is 0.329 e. The summed E-state index contributed by atoms with van der Waals surface area (Å²) in [5.41, 5.74) is 2.72. The van der Waals surface area contributed by atoms with Crippen molar-refractivity contribution >= 4 is 40.6 Å². The number of nitrogens with zero attached hydrogens (tertiary/aromatic N) is 3. The monoisotopic (exact) mass is 473 g/mol. The Kier molecular flexibility index (Phi) is 6.92. The summed E-state index contributed by atoms with van der Waals surface area (Å²) in [6.45, 7) is 6.91. The molecule has 1 aliphatic heterocycles. The van der Waals surface area contributed by atoms with Crippen molar-refractivity contribution in [2.45, 2.75) is 33.7 Å². The first-order valence-corrected chi connectivity index (χ1v) is 10.9. The number of carbonyl (C=O) groups is 3. The Labute approximate surface area is 194 Å². The van der Waals surface area contributed by atoms with Gasteiger partial charge in [0.05, 0.1) is 35.3 Å². The number of hydrogen-bond donors (Lipinski definition) is 0. The lowest BCUT2D eigenvalue weighted by Crippen LogP contribution is -2.42. The van der Waals surface area contributed by atoms with Gasteiger partial charge in [-0.1, -0.05) is 0 Å². The van der Waals surface area contributed by atoms with E-state index in [4.69, 9.17) is 9.47 Å². The number of ether oxygens (including phenoxy) is 2. The third-order valence-corrected chi connectivity index (χ3v) is 6.09. The Morgan fingerprint density at radius 3 is 2.58 bits per heavy atom. The summed E-state index contributed by atoms with van der Waals surface area (Å²) < 4.78 is 12.1. The molecule has 0 bridgehead atoms. The van der Waals surface area contributed by atoms with Gasteiger partial charge in [-0.2, -0.15) is 0 Å². The molecule has 0 unspecified atom stereocenters. The number of benzene rings is 1. The fourth-order valence-corrected chi connectivity index (χ4v) is 4.49. The van der Waals surface area contributed by atoms with Crippen LogP contribution in [-0.4, -0.2) is 51.3 Å². The first-order chi connectivity index (χ1) is 15.6. The maximum absolute atomic E-state index is 12.9. The quantitative estimate of drug-likeness (QED) is 0.256. The molecule has 33 heavy (non-hydrogen) atoms. The first kappa shape index (κ1) is 24.1. The molecule has 2 heterocycles. The van der Waals surface area contributed by atoms with Crippen molar-refractivity contribution in [1.29, 1.82) is 0 Å². The highest BCUT2D eigenvalue weighted by atomic mass is 32.2. The summed E-state index contributed by atoms with van der Waals surface area (Å²) >= 11 is 0.755. The van der Waals surface area contributed by atoms with E-state index in [9.17, 15) is 24.5 Å². The summed E-state index contributed by atoms with van der Waals surface area (Å²) in [6, 6.07) is 5.13. The minimum absolute atomic E-state index is 0.0947. The second kappa shape index (κ2) is 9.49. The van der Waals surface area contributed by atoms with Crippen molar-refractivity contribution in [2.24, 2.45) is 0 Å². The molecule has 11 heteroatoms. The van der Waals surface area contributed by atoms with Crippen LogP contribution in [0.4, 0.5) is 10.5 Å². The van der Waals surface area contributed by atoms with Crippen LogP contribution in [0.15, 0.2) is 29.2 Å². The van der Waals surface area contributed by atoms with Crippen molar-refractivity contribution in [2.75, 3.05) is 13.7 Å². The molecule has 1 aromatic heterocycles. The van der Waals surface area contributed by atoms with Crippen molar-refractivity contribution in [3.63, 3.8) is 0 Å². The normalized spacial score (nSPS) is 15.8. The van der Waals surface area contributed by atoms with Crippen molar-refractivity contribution in [1.82, 2.24) is 9.47 Å². The molecule has 1 fully saturated rings. The zero-order valence-electron chi connectivity index (χ0n) is 18.8. The zero-order valence-corrected chi connectivity index (χ0v) is 19.6. The van der Waals surface area contributed by atoms with Gasteiger partial charge in [-0.25, -0.2) is 4.79 Å². The number of rotatable bonds is 7. The molecular weight excluding hydrogens is 450 g/mol. The van der Waals surface area contributed by atoms with E-state index in [1.807, 2.05) is 24.5 Å². The minimum Gasteiger partial charge on any atom is -0.494 e. The Morgan fingerprint density at radius 1 is 1.27 bits per heavy atom. The van der Waals surface area contributed by atoms with Gasteiger partial charge in [0.2, 0.25) is 0 Å². The topological polar surface area (TPSA) is 121 Å². The fraction of sp³-hybridized carbons (Fsp3) is 0.318. The molecule has 1 aliphatic rings. The van der Waals surface area contributed by atoms with E-state index in [0.717, 1.165) is 28.0 Å². The Morgan fingerprint density at radius 2 is 1.97 bits per heavy atom. The first-order valence-electron chi connectivity index (χ1n) is 10.1. The zero-order chi connectivity index (χ0) is 24.4. The number of thioether (sulfide) groups is 1. The summed E-state index contributed by atoms with van der Waals surface area (Å²) in [5.74, 6) is -0.895. The summed E-state index contributed by atoms with van der Waals surface area (Å²) in [6.07, 6.45) is 1.60. The van der Waals surface area contributed by atoms with E-state index in [1.54, 1.807) is 19.1 Å². The van der Waals surface area contributed by atoms with E-state index in [1.165, 1.54) is 26.2 Å². The van der Waals surface area contributed by atoms with E-state index < -0.39 is 28.1 Å². The standard InChI is InChI=1S/C22H23N3O7S/c1-6-32-21(27)14(4)24-20(26)19(33-22(24)28)10-15-9-12(2)23(13(15)3)17-8-7-16(25(29)30)11-18(17)31-5/h7-11,14H,6H2,1-5H3/b19-10+/t14-/m0/s1. The van der Waals surface area contributed by atoms with Crippen LogP contribution in [0.5, 0.6) is 5.75 Å². The Hall–Kier alpha value is -3.60. The molecule has 2 aromatic rings. The molecule has 1 aromatic carbocycles. The molecular formula is C22H23N3O7S. The van der Waals surface area contributed by atoms with Crippen LogP contribution in [0.1, 0.15) is 30.8 Å². The molecule has 1 atom stereocenters. The minimum atomic E-state index is -1.03. The maximum atomic E-state index is 12.9. The lowest BCUT2D eigenvalue weighted by molar-refractivity contribution is -0.384. The number of methoxy groups -OCH3 is 1. The largest absolute Gasteiger partial charge is 0.494 e. The van der Waals surface area contributed by atoms with E-state index in [2.05, 4.69) is 0 Å². The average molecular weight is 474 g/mol. The molecule has 0 spiro atoms. The number of imide groups is 1. The number of nitro benzene ring substituents is 1. The fourth-order valence-electron chi connectivity index (χ4n) is 3.59. The average Bonchev–Trinajstić information content (AvgIpc) is 3.21. The third kappa shape index (κ3) is 4.49. The number of aromatic nitrogens is 1. The highest BCUT2D eigenvalue weighted by Gasteiger charge is 2.41. The Bertz CT molecular complexity index is 1180. The molecule has 1 saturated heterocycles. The number of hydrogen-bond acceptors (Lipinski definition) is 8. The van der Waals surface area contributed by atoms with Gasteiger partial charge in [-0.15, -0.1) is 0 Å². The molecule has 0 aliphatic carbocycles. The van der Waals surface area contributed by atoms with E-state index in [0.29, 0.717) is 17.0 Å². The summed E-state index contributed by atoms with van der Waals surface area (Å²) in [5, 5.41) is 10.6. The SMILES string of the molecule is CCOC(=O)[C@H](C)N1C(=O)S/C(=C/c2cc(C)n(-c3ccc([N+](=O)[O-])cc3OC)c2C)C1=O. The molecule has 174 valence electrons. The molecule has 0 saturated carbocycles. The van der Waals surface area contributed by atoms with Crippen molar-refractivity contribution in [3.8, 4) is 11.4 Å². The van der Waals surface area contributed by atoms with Crippen LogP contribution < -0.4 is 4.74 Å².